The summed E-state index contributed by atoms with van der Waals surface area (Å²) in [5.74, 6) is 1.13. The average Bonchev–Trinajstić information content (AvgIpc) is 3.37. The van der Waals surface area contributed by atoms with Gasteiger partial charge in [-0.1, -0.05) is 32.0 Å². The van der Waals surface area contributed by atoms with Crippen molar-refractivity contribution in [3.63, 3.8) is 0 Å². The number of nitrogens with two attached hydrogens (primary N) is 1. The first kappa shape index (κ1) is 20.3. The molecule has 0 saturated heterocycles. The fourth-order valence-electron chi connectivity index (χ4n) is 2.70. The molecule has 26 heavy (non-hydrogen) atoms. The van der Waals surface area contributed by atoms with Gasteiger partial charge in [0.05, 0.1) is 18.5 Å². The maximum Gasteiger partial charge on any atom is 0.275 e. The molecule has 1 aromatic heterocycles. The highest BCUT2D eigenvalue weighted by Crippen LogP contribution is 2.32. The van der Waals surface area contributed by atoms with Gasteiger partial charge in [-0.2, -0.15) is 5.10 Å². The molecule has 142 valence electrons. The first-order chi connectivity index (χ1) is 12.1. The van der Waals surface area contributed by atoms with E-state index in [1.165, 1.54) is 0 Å². The Kier molecular flexibility index (Phi) is 7.06. The van der Waals surface area contributed by atoms with Crippen LogP contribution in [0.4, 0.5) is 0 Å². The van der Waals surface area contributed by atoms with Crippen molar-refractivity contribution >= 4 is 18.3 Å². The van der Waals surface area contributed by atoms with E-state index in [-0.39, 0.29) is 24.4 Å². The lowest BCUT2D eigenvalue weighted by atomic mass is 10.2. The van der Waals surface area contributed by atoms with E-state index < -0.39 is 0 Å². The molecule has 1 atom stereocenters. The summed E-state index contributed by atoms with van der Waals surface area (Å²) in [7, 11) is 0. The second kappa shape index (κ2) is 9.05. The van der Waals surface area contributed by atoms with Crippen LogP contribution >= 0.6 is 12.4 Å². The summed E-state index contributed by atoms with van der Waals surface area (Å²) >= 11 is 0. The van der Waals surface area contributed by atoms with Crippen molar-refractivity contribution < 1.29 is 9.53 Å². The van der Waals surface area contributed by atoms with Crippen LogP contribution in [0.1, 0.15) is 37.2 Å². The zero-order chi connectivity index (χ0) is 17.8. The molecule has 0 radical (unpaired) electrons. The van der Waals surface area contributed by atoms with Gasteiger partial charge in [-0.05, 0) is 36.8 Å². The van der Waals surface area contributed by atoms with E-state index in [9.17, 15) is 4.79 Å². The quantitative estimate of drug-likeness (QED) is 0.740. The van der Waals surface area contributed by atoms with E-state index in [4.69, 9.17) is 10.5 Å². The number of para-hydroxylation sites is 1. The summed E-state index contributed by atoms with van der Waals surface area (Å²) in [5, 5.41) is 7.48. The van der Waals surface area contributed by atoms with Crippen LogP contribution in [0.5, 0.6) is 5.75 Å². The Morgan fingerprint density at radius 1 is 1.35 bits per heavy atom. The first-order valence-electron chi connectivity index (χ1n) is 8.87. The number of nitrogens with one attached hydrogen (secondary N) is 1. The van der Waals surface area contributed by atoms with Gasteiger partial charge < -0.3 is 15.8 Å². The van der Waals surface area contributed by atoms with Gasteiger partial charge in [-0.25, -0.2) is 4.68 Å². The van der Waals surface area contributed by atoms with E-state index in [0.717, 1.165) is 18.5 Å². The minimum Gasteiger partial charge on any atom is -0.489 e. The highest BCUT2D eigenvalue weighted by Gasteiger charge is 2.32. The van der Waals surface area contributed by atoms with Crippen molar-refractivity contribution in [2.45, 2.75) is 32.7 Å². The third-order valence-corrected chi connectivity index (χ3v) is 4.25. The number of benzene rings is 1. The standard InChI is InChI=1S/C19H26N4O2.ClH/c1-13(2)12-25-17-11-23(15-6-4-3-5-7-15)22-18(17)19(24)21-16(10-20)14-8-9-14;/h3-7,11,13-14,16H,8-10,12,20H2,1-2H3,(H,21,24);1H. The molecule has 1 amide bonds. The second-order valence-electron chi connectivity index (χ2n) is 6.98. The molecular weight excluding hydrogens is 352 g/mol. The van der Waals surface area contributed by atoms with Crippen LogP contribution in [-0.4, -0.2) is 34.9 Å². The molecule has 6 nitrogen and oxygen atoms in total. The summed E-state index contributed by atoms with van der Waals surface area (Å²) in [6.07, 6.45) is 4.01. The Morgan fingerprint density at radius 2 is 2.04 bits per heavy atom. The molecule has 1 unspecified atom stereocenters. The number of halogens is 1. The lowest BCUT2D eigenvalue weighted by Gasteiger charge is -2.15. The Bertz CT molecular complexity index is 714. The predicted octanol–water partition coefficient (Wildman–Crippen LogP) is 2.80. The molecule has 1 heterocycles. The number of hydrogen-bond donors (Lipinski definition) is 2. The van der Waals surface area contributed by atoms with E-state index in [0.29, 0.717) is 36.4 Å². The summed E-state index contributed by atoms with van der Waals surface area (Å²) in [4.78, 5) is 12.7. The Morgan fingerprint density at radius 3 is 2.62 bits per heavy atom. The van der Waals surface area contributed by atoms with Crippen LogP contribution in [0.2, 0.25) is 0 Å². The van der Waals surface area contributed by atoms with Gasteiger partial charge in [-0.3, -0.25) is 4.79 Å². The lowest BCUT2D eigenvalue weighted by molar-refractivity contribution is 0.0923. The minimum absolute atomic E-state index is 0. The fourth-order valence-corrected chi connectivity index (χ4v) is 2.70. The highest BCUT2D eigenvalue weighted by molar-refractivity contribution is 5.95. The third-order valence-electron chi connectivity index (χ3n) is 4.25. The molecule has 1 saturated carbocycles. The van der Waals surface area contributed by atoms with Crippen LogP contribution in [0, 0.1) is 11.8 Å². The molecule has 1 fully saturated rings. The second-order valence-corrected chi connectivity index (χ2v) is 6.98. The lowest BCUT2D eigenvalue weighted by Crippen LogP contribution is -2.42. The number of aromatic nitrogens is 2. The molecule has 0 spiro atoms. The van der Waals surface area contributed by atoms with Crippen molar-refractivity contribution in [1.29, 1.82) is 0 Å². The number of nitrogens with zero attached hydrogens (tertiary/aromatic N) is 2. The van der Waals surface area contributed by atoms with Crippen LogP contribution in [0.25, 0.3) is 5.69 Å². The van der Waals surface area contributed by atoms with Gasteiger partial charge in [0.15, 0.2) is 11.4 Å². The Labute approximate surface area is 160 Å². The number of carbonyl (C=O) groups excluding carboxylic acids is 1. The number of carbonyl (C=O) groups is 1. The Balaban J connectivity index is 0.00000243. The van der Waals surface area contributed by atoms with Crippen LogP contribution in [-0.2, 0) is 0 Å². The van der Waals surface area contributed by atoms with E-state index in [2.05, 4.69) is 24.3 Å². The van der Waals surface area contributed by atoms with Crippen molar-refractivity contribution in [2.75, 3.05) is 13.2 Å². The molecule has 7 heteroatoms. The Hall–Kier alpha value is -2.05. The van der Waals surface area contributed by atoms with Gasteiger partial charge in [0.2, 0.25) is 0 Å². The predicted molar refractivity (Wildman–Crippen MR) is 104 cm³/mol. The van der Waals surface area contributed by atoms with Crippen molar-refractivity contribution in [3.05, 3.63) is 42.2 Å². The van der Waals surface area contributed by atoms with Crippen molar-refractivity contribution in [3.8, 4) is 11.4 Å². The molecule has 0 aliphatic heterocycles. The third kappa shape index (κ3) is 4.99. The number of hydrogen-bond acceptors (Lipinski definition) is 4. The highest BCUT2D eigenvalue weighted by atomic mass is 35.5. The SMILES string of the molecule is CC(C)COc1cn(-c2ccccc2)nc1C(=O)NC(CN)C1CC1.Cl. The number of ether oxygens (including phenoxy) is 1. The van der Waals surface area contributed by atoms with Crippen molar-refractivity contribution in [2.24, 2.45) is 17.6 Å². The first-order valence-corrected chi connectivity index (χ1v) is 8.87. The molecule has 3 rings (SSSR count). The summed E-state index contributed by atoms with van der Waals surface area (Å²) in [6, 6.07) is 9.69. The van der Waals surface area contributed by atoms with Crippen LogP contribution < -0.4 is 15.8 Å². The van der Waals surface area contributed by atoms with Gasteiger partial charge in [0.25, 0.3) is 5.91 Å². The molecule has 2 aromatic rings. The maximum atomic E-state index is 12.7. The molecular formula is C19H27ClN4O2. The van der Waals surface area contributed by atoms with Gasteiger partial charge in [-0.15, -0.1) is 12.4 Å². The zero-order valence-electron chi connectivity index (χ0n) is 15.2. The number of rotatable bonds is 8. The fraction of sp³-hybridized carbons (Fsp3) is 0.474. The maximum absolute atomic E-state index is 12.7. The largest absolute Gasteiger partial charge is 0.489 e. The van der Waals surface area contributed by atoms with Crippen molar-refractivity contribution in [1.82, 2.24) is 15.1 Å². The van der Waals surface area contributed by atoms with Gasteiger partial charge in [0, 0.05) is 12.6 Å². The molecule has 0 bridgehead atoms. The van der Waals surface area contributed by atoms with E-state index in [1.54, 1.807) is 10.9 Å². The average molecular weight is 379 g/mol. The molecule has 1 aliphatic carbocycles. The van der Waals surface area contributed by atoms with Gasteiger partial charge >= 0.3 is 0 Å². The van der Waals surface area contributed by atoms with E-state index >= 15 is 0 Å². The normalized spacial score (nSPS) is 14.6. The van der Waals surface area contributed by atoms with Gasteiger partial charge in [0.1, 0.15) is 0 Å². The monoisotopic (exact) mass is 378 g/mol. The minimum atomic E-state index is -0.226. The summed E-state index contributed by atoms with van der Waals surface area (Å²) in [6.45, 7) is 5.11. The van der Waals surface area contributed by atoms with Crippen LogP contribution in [0.3, 0.4) is 0 Å². The zero-order valence-corrected chi connectivity index (χ0v) is 16.0. The summed E-state index contributed by atoms with van der Waals surface area (Å²) in [5.41, 5.74) is 6.99. The van der Waals surface area contributed by atoms with E-state index in [1.807, 2.05) is 30.3 Å². The molecule has 1 aliphatic rings. The molecule has 3 N–H and O–H groups in total. The molecule has 1 aromatic carbocycles. The number of amides is 1. The van der Waals surface area contributed by atoms with Crippen LogP contribution in [0.15, 0.2) is 36.5 Å². The summed E-state index contributed by atoms with van der Waals surface area (Å²) < 4.78 is 7.52. The smallest absolute Gasteiger partial charge is 0.275 e. The topological polar surface area (TPSA) is 82.2 Å².